The van der Waals surface area contributed by atoms with E-state index in [2.05, 4.69) is 33.1 Å². The van der Waals surface area contributed by atoms with Gasteiger partial charge in [-0.05, 0) is 59.5 Å². The molecular formula is C14H20BrN3O2. The van der Waals surface area contributed by atoms with E-state index in [1.165, 1.54) is 13.0 Å². The van der Waals surface area contributed by atoms with Gasteiger partial charge in [-0.15, -0.1) is 0 Å². The zero-order chi connectivity index (χ0) is 14.5. The molecule has 110 valence electrons. The highest BCUT2D eigenvalue weighted by molar-refractivity contribution is 9.10. The van der Waals surface area contributed by atoms with E-state index in [-0.39, 0.29) is 10.6 Å². The van der Waals surface area contributed by atoms with Crippen LogP contribution in [0.2, 0.25) is 0 Å². The summed E-state index contributed by atoms with van der Waals surface area (Å²) in [6.07, 6.45) is 1.24. The minimum atomic E-state index is -0.357. The lowest BCUT2D eigenvalue weighted by atomic mass is 10.1. The smallest absolute Gasteiger partial charge is 0.283 e. The molecular weight excluding hydrogens is 322 g/mol. The first kappa shape index (κ1) is 15.4. The Bertz CT molecular complexity index is 481. The standard InChI is InChI=1S/C14H20BrN3O2/c1-2-17-6-5-12(10-17)9-16-8-11-3-4-13(15)14(7-11)18(19)20/h3-4,7,12,16H,2,5-6,8-10H2,1H3. The quantitative estimate of drug-likeness (QED) is 0.638. The summed E-state index contributed by atoms with van der Waals surface area (Å²) < 4.78 is 0.528. The van der Waals surface area contributed by atoms with Crippen LogP contribution in [0.25, 0.3) is 0 Å². The molecule has 1 heterocycles. The molecule has 5 nitrogen and oxygen atoms in total. The van der Waals surface area contributed by atoms with Crippen LogP contribution < -0.4 is 5.32 Å². The first-order valence-electron chi connectivity index (χ1n) is 6.96. The van der Waals surface area contributed by atoms with Gasteiger partial charge in [-0.2, -0.15) is 0 Å². The van der Waals surface area contributed by atoms with Crippen LogP contribution in [0.1, 0.15) is 18.9 Å². The van der Waals surface area contributed by atoms with Crippen LogP contribution in [0.5, 0.6) is 0 Å². The van der Waals surface area contributed by atoms with Gasteiger partial charge >= 0.3 is 0 Å². The normalized spacial score (nSPS) is 19.4. The van der Waals surface area contributed by atoms with Gasteiger partial charge in [-0.3, -0.25) is 10.1 Å². The van der Waals surface area contributed by atoms with E-state index in [0.717, 1.165) is 25.2 Å². The third-order valence-electron chi connectivity index (χ3n) is 3.79. The first-order valence-corrected chi connectivity index (χ1v) is 7.75. The fourth-order valence-electron chi connectivity index (χ4n) is 2.60. The highest BCUT2D eigenvalue weighted by atomic mass is 79.9. The molecule has 0 radical (unpaired) electrons. The number of hydrogen-bond acceptors (Lipinski definition) is 4. The lowest BCUT2D eigenvalue weighted by Crippen LogP contribution is -2.26. The molecule has 1 aromatic carbocycles. The van der Waals surface area contributed by atoms with Gasteiger partial charge in [0.1, 0.15) is 0 Å². The van der Waals surface area contributed by atoms with Gasteiger partial charge in [0, 0.05) is 19.2 Å². The Kier molecular flexibility index (Phi) is 5.51. The molecule has 1 saturated heterocycles. The summed E-state index contributed by atoms with van der Waals surface area (Å²) in [7, 11) is 0. The second kappa shape index (κ2) is 7.15. The molecule has 1 fully saturated rings. The van der Waals surface area contributed by atoms with Crippen LogP contribution in [0, 0.1) is 16.0 Å². The average molecular weight is 342 g/mol. The van der Waals surface area contributed by atoms with E-state index in [1.54, 1.807) is 12.1 Å². The van der Waals surface area contributed by atoms with Crippen LogP contribution in [-0.4, -0.2) is 36.0 Å². The van der Waals surface area contributed by atoms with Crippen molar-refractivity contribution in [2.75, 3.05) is 26.2 Å². The van der Waals surface area contributed by atoms with E-state index >= 15 is 0 Å². The maximum Gasteiger partial charge on any atom is 0.283 e. The zero-order valence-electron chi connectivity index (χ0n) is 11.6. The molecule has 1 N–H and O–H groups in total. The Hall–Kier alpha value is -0.980. The van der Waals surface area contributed by atoms with Gasteiger partial charge in [0.2, 0.25) is 0 Å². The zero-order valence-corrected chi connectivity index (χ0v) is 13.2. The van der Waals surface area contributed by atoms with E-state index in [0.29, 0.717) is 16.9 Å². The number of hydrogen-bond donors (Lipinski definition) is 1. The highest BCUT2D eigenvalue weighted by Gasteiger charge is 2.20. The minimum Gasteiger partial charge on any atom is -0.312 e. The Labute approximate surface area is 127 Å². The van der Waals surface area contributed by atoms with Crippen LogP contribution in [0.4, 0.5) is 5.69 Å². The Balaban J connectivity index is 1.82. The summed E-state index contributed by atoms with van der Waals surface area (Å²) in [5.74, 6) is 0.695. The lowest BCUT2D eigenvalue weighted by molar-refractivity contribution is -0.385. The average Bonchev–Trinajstić information content (AvgIpc) is 2.88. The topological polar surface area (TPSA) is 58.4 Å². The molecule has 0 aromatic heterocycles. The summed E-state index contributed by atoms with van der Waals surface area (Å²) in [6, 6.07) is 5.28. The fourth-order valence-corrected chi connectivity index (χ4v) is 2.99. The molecule has 1 unspecified atom stereocenters. The van der Waals surface area contributed by atoms with E-state index in [4.69, 9.17) is 0 Å². The largest absolute Gasteiger partial charge is 0.312 e. The summed E-state index contributed by atoms with van der Waals surface area (Å²) in [5, 5.41) is 14.3. The Morgan fingerprint density at radius 2 is 2.35 bits per heavy atom. The monoisotopic (exact) mass is 341 g/mol. The van der Waals surface area contributed by atoms with Crippen molar-refractivity contribution in [3.8, 4) is 0 Å². The number of nitro benzene ring substituents is 1. The van der Waals surface area contributed by atoms with Crippen LogP contribution in [0.15, 0.2) is 22.7 Å². The second-order valence-electron chi connectivity index (χ2n) is 5.22. The molecule has 1 aromatic rings. The Morgan fingerprint density at radius 1 is 1.55 bits per heavy atom. The molecule has 1 aliphatic heterocycles. The van der Waals surface area contributed by atoms with Crippen molar-refractivity contribution in [3.63, 3.8) is 0 Å². The summed E-state index contributed by atoms with van der Waals surface area (Å²) >= 11 is 3.20. The number of halogens is 1. The molecule has 1 aliphatic rings. The molecule has 0 saturated carbocycles. The molecule has 0 amide bonds. The van der Waals surface area contributed by atoms with Crippen LogP contribution in [0.3, 0.4) is 0 Å². The molecule has 0 aliphatic carbocycles. The second-order valence-corrected chi connectivity index (χ2v) is 6.08. The SMILES string of the molecule is CCN1CCC(CNCc2ccc(Br)c([N+](=O)[O-])c2)C1. The number of likely N-dealkylation sites (tertiary alicyclic amines) is 1. The van der Waals surface area contributed by atoms with Gasteiger partial charge < -0.3 is 10.2 Å². The molecule has 0 bridgehead atoms. The van der Waals surface area contributed by atoms with Crippen molar-refractivity contribution in [1.29, 1.82) is 0 Å². The van der Waals surface area contributed by atoms with Crippen LogP contribution >= 0.6 is 15.9 Å². The number of nitrogens with zero attached hydrogens (tertiary/aromatic N) is 2. The van der Waals surface area contributed by atoms with Crippen molar-refractivity contribution in [1.82, 2.24) is 10.2 Å². The van der Waals surface area contributed by atoms with Crippen molar-refractivity contribution in [2.45, 2.75) is 19.9 Å². The van der Waals surface area contributed by atoms with Gasteiger partial charge in [-0.1, -0.05) is 13.0 Å². The van der Waals surface area contributed by atoms with E-state index in [9.17, 15) is 10.1 Å². The number of nitrogens with one attached hydrogen (secondary N) is 1. The predicted octanol–water partition coefficient (Wildman–Crippen LogP) is 2.79. The van der Waals surface area contributed by atoms with E-state index < -0.39 is 0 Å². The van der Waals surface area contributed by atoms with Crippen molar-refractivity contribution < 1.29 is 4.92 Å². The molecule has 1 atom stereocenters. The maximum atomic E-state index is 10.9. The predicted molar refractivity (Wildman–Crippen MR) is 82.7 cm³/mol. The number of rotatable bonds is 6. The van der Waals surface area contributed by atoms with E-state index in [1.807, 2.05) is 6.07 Å². The van der Waals surface area contributed by atoms with Crippen molar-refractivity contribution in [3.05, 3.63) is 38.3 Å². The summed E-state index contributed by atoms with van der Waals surface area (Å²) in [5.41, 5.74) is 1.08. The van der Waals surface area contributed by atoms with Crippen LogP contribution in [-0.2, 0) is 6.54 Å². The Morgan fingerprint density at radius 3 is 3.00 bits per heavy atom. The lowest BCUT2D eigenvalue weighted by Gasteiger charge is -2.13. The number of nitro groups is 1. The molecule has 6 heteroatoms. The summed E-state index contributed by atoms with van der Waals surface area (Å²) in [6.45, 7) is 7.31. The molecule has 20 heavy (non-hydrogen) atoms. The fraction of sp³-hybridized carbons (Fsp3) is 0.571. The van der Waals surface area contributed by atoms with Crippen molar-refractivity contribution in [2.24, 2.45) is 5.92 Å². The third kappa shape index (κ3) is 4.01. The van der Waals surface area contributed by atoms with Gasteiger partial charge in [0.15, 0.2) is 0 Å². The third-order valence-corrected chi connectivity index (χ3v) is 4.46. The molecule has 0 spiro atoms. The summed E-state index contributed by atoms with van der Waals surface area (Å²) in [4.78, 5) is 13.0. The van der Waals surface area contributed by atoms with Gasteiger partial charge in [0.05, 0.1) is 9.40 Å². The molecule has 2 rings (SSSR count). The maximum absolute atomic E-state index is 10.9. The first-order chi connectivity index (χ1) is 9.60. The minimum absolute atomic E-state index is 0.127. The van der Waals surface area contributed by atoms with Gasteiger partial charge in [0.25, 0.3) is 5.69 Å². The highest BCUT2D eigenvalue weighted by Crippen LogP contribution is 2.25. The number of benzene rings is 1. The van der Waals surface area contributed by atoms with Gasteiger partial charge in [-0.25, -0.2) is 0 Å². The van der Waals surface area contributed by atoms with Crippen molar-refractivity contribution >= 4 is 21.6 Å².